The van der Waals surface area contributed by atoms with E-state index in [1.165, 1.54) is 26.4 Å². The Balaban J connectivity index is 1.53. The summed E-state index contributed by atoms with van der Waals surface area (Å²) in [6.07, 6.45) is 1.52. The molecule has 1 N–H and O–H groups in total. The molecule has 0 spiro atoms. The maximum atomic E-state index is 13.4. The van der Waals surface area contributed by atoms with E-state index in [-0.39, 0.29) is 29.7 Å². The highest BCUT2D eigenvalue weighted by atomic mass is 32.1. The number of carbonyl (C=O) groups is 1. The van der Waals surface area contributed by atoms with Crippen LogP contribution < -0.4 is 16.6 Å². The molecule has 4 aromatic rings. The van der Waals surface area contributed by atoms with E-state index < -0.39 is 29.8 Å². The summed E-state index contributed by atoms with van der Waals surface area (Å²) in [5.41, 5.74) is -0.414. The molecular formula is C20H17F2N5O4S. The van der Waals surface area contributed by atoms with Crippen LogP contribution in [0.3, 0.4) is 0 Å². The number of nitrogens with one attached hydrogen (secondary N) is 1. The first-order valence-corrected chi connectivity index (χ1v) is 10.8. The number of fused-ring (bicyclic) bond motifs is 3. The topological polar surface area (TPSA) is 99.6 Å². The van der Waals surface area contributed by atoms with E-state index in [4.69, 9.17) is 4.74 Å². The van der Waals surface area contributed by atoms with Gasteiger partial charge >= 0.3 is 5.69 Å². The maximum absolute atomic E-state index is 13.4. The van der Waals surface area contributed by atoms with Crippen molar-refractivity contribution in [2.24, 2.45) is 0 Å². The van der Waals surface area contributed by atoms with Gasteiger partial charge in [0.2, 0.25) is 11.7 Å². The van der Waals surface area contributed by atoms with Crippen LogP contribution in [-0.4, -0.2) is 37.4 Å². The van der Waals surface area contributed by atoms with E-state index in [1.54, 1.807) is 11.4 Å². The van der Waals surface area contributed by atoms with Crippen molar-refractivity contribution < 1.29 is 18.3 Å². The Morgan fingerprint density at radius 3 is 2.84 bits per heavy atom. The van der Waals surface area contributed by atoms with Crippen molar-refractivity contribution in [3.63, 3.8) is 0 Å². The number of hydrogen-bond donors (Lipinski definition) is 1. The van der Waals surface area contributed by atoms with Gasteiger partial charge in [-0.25, -0.2) is 22.7 Å². The van der Waals surface area contributed by atoms with Crippen molar-refractivity contribution in [1.82, 2.24) is 18.7 Å². The summed E-state index contributed by atoms with van der Waals surface area (Å²) in [5, 5.41) is 8.36. The summed E-state index contributed by atoms with van der Waals surface area (Å²) < 4.78 is 36.2. The number of nitrogens with zero attached hydrogens (tertiary/aromatic N) is 4. The zero-order valence-corrected chi connectivity index (χ0v) is 17.4. The second-order valence-corrected chi connectivity index (χ2v) is 8.35. The zero-order chi connectivity index (χ0) is 22.4. The summed E-state index contributed by atoms with van der Waals surface area (Å²) in [6, 6.07) is 4.59. The van der Waals surface area contributed by atoms with Crippen LogP contribution in [0.2, 0.25) is 0 Å². The molecule has 0 aliphatic carbocycles. The first-order valence-electron chi connectivity index (χ1n) is 9.88. The van der Waals surface area contributed by atoms with Gasteiger partial charge in [0.05, 0.1) is 18.2 Å². The smallest absolute Gasteiger partial charge is 0.352 e. The van der Waals surface area contributed by atoms with Crippen LogP contribution in [0.5, 0.6) is 0 Å². The van der Waals surface area contributed by atoms with Crippen molar-refractivity contribution >= 4 is 38.9 Å². The maximum Gasteiger partial charge on any atom is 0.352 e. The zero-order valence-electron chi connectivity index (χ0n) is 16.6. The highest BCUT2D eigenvalue weighted by molar-refractivity contribution is 7.17. The lowest BCUT2D eigenvalue weighted by molar-refractivity contribution is -0.117. The monoisotopic (exact) mass is 461 g/mol. The van der Waals surface area contributed by atoms with Gasteiger partial charge in [-0.3, -0.25) is 14.2 Å². The molecule has 0 saturated carbocycles. The molecule has 3 aromatic heterocycles. The number of aromatic nitrogens is 4. The van der Waals surface area contributed by atoms with Crippen molar-refractivity contribution in [3.05, 3.63) is 62.1 Å². The van der Waals surface area contributed by atoms with Gasteiger partial charge in [-0.15, -0.1) is 16.4 Å². The molecule has 12 heteroatoms. The molecule has 166 valence electrons. The Kier molecular flexibility index (Phi) is 5.10. The van der Waals surface area contributed by atoms with Gasteiger partial charge in [-0.1, -0.05) is 0 Å². The molecule has 0 bridgehead atoms. The average Bonchev–Trinajstić information content (AvgIpc) is 3.49. The number of anilines is 1. The molecule has 5 rings (SSSR count). The Morgan fingerprint density at radius 2 is 2.09 bits per heavy atom. The molecule has 1 atom stereocenters. The molecule has 0 radical (unpaired) electrons. The number of ether oxygens (including phenoxy) is 1. The lowest BCUT2D eigenvalue weighted by Crippen LogP contribution is -2.30. The summed E-state index contributed by atoms with van der Waals surface area (Å²) in [5.74, 6) is -2.69. The number of rotatable bonds is 5. The summed E-state index contributed by atoms with van der Waals surface area (Å²) in [7, 11) is 0. The summed E-state index contributed by atoms with van der Waals surface area (Å²) >= 11 is 1.22. The molecule has 1 amide bonds. The van der Waals surface area contributed by atoms with Crippen LogP contribution in [0.15, 0.2) is 39.2 Å². The highest BCUT2D eigenvalue weighted by Crippen LogP contribution is 2.19. The molecule has 1 aliphatic rings. The Hall–Kier alpha value is -3.38. The fourth-order valence-electron chi connectivity index (χ4n) is 3.80. The third-order valence-electron chi connectivity index (χ3n) is 5.30. The number of carbonyl (C=O) groups excluding carboxylic acids is 1. The van der Waals surface area contributed by atoms with Crippen LogP contribution in [0.1, 0.15) is 12.8 Å². The normalized spacial score (nSPS) is 16.2. The minimum absolute atomic E-state index is 0.0428. The molecule has 4 heterocycles. The molecule has 1 fully saturated rings. The van der Waals surface area contributed by atoms with Gasteiger partial charge in [0.15, 0.2) is 11.6 Å². The van der Waals surface area contributed by atoms with Crippen LogP contribution in [0, 0.1) is 11.6 Å². The van der Waals surface area contributed by atoms with Gasteiger partial charge in [0, 0.05) is 18.4 Å². The molecule has 1 aromatic carbocycles. The lowest BCUT2D eigenvalue weighted by Gasteiger charge is -2.12. The SMILES string of the molecule is O=C(Cn1nc2n(CC3CCCO3)c(=O)c3sccc3n2c1=O)Nc1ccc(F)c(F)c1. The van der Waals surface area contributed by atoms with Crippen molar-refractivity contribution in [2.75, 3.05) is 11.9 Å². The van der Waals surface area contributed by atoms with Crippen molar-refractivity contribution in [2.45, 2.75) is 32.0 Å². The standard InChI is InChI=1S/C20H17F2N5O4S/c21-13-4-3-11(8-14(13)22)23-16(28)10-26-20(30)27-15-5-7-32-17(15)18(29)25(19(27)24-26)9-12-2-1-6-31-12/h3-5,7-8,12H,1-2,6,9-10H2,(H,23,28). The lowest BCUT2D eigenvalue weighted by atomic mass is 10.2. The second kappa shape index (κ2) is 7.95. The largest absolute Gasteiger partial charge is 0.376 e. The van der Waals surface area contributed by atoms with Crippen molar-refractivity contribution in [3.8, 4) is 0 Å². The molecule has 1 unspecified atom stereocenters. The quantitative estimate of drug-likeness (QED) is 0.490. The van der Waals surface area contributed by atoms with E-state index in [2.05, 4.69) is 10.4 Å². The second-order valence-electron chi connectivity index (χ2n) is 7.44. The molecule has 1 aliphatic heterocycles. The van der Waals surface area contributed by atoms with Crippen LogP contribution in [-0.2, 0) is 22.6 Å². The van der Waals surface area contributed by atoms with E-state index in [0.717, 1.165) is 29.7 Å². The Bertz CT molecular complexity index is 1460. The van der Waals surface area contributed by atoms with Crippen LogP contribution >= 0.6 is 11.3 Å². The van der Waals surface area contributed by atoms with Crippen LogP contribution in [0.25, 0.3) is 16.0 Å². The summed E-state index contributed by atoms with van der Waals surface area (Å²) in [4.78, 5) is 38.5. The van der Waals surface area contributed by atoms with Crippen molar-refractivity contribution in [1.29, 1.82) is 0 Å². The third kappa shape index (κ3) is 3.50. The first-order chi connectivity index (χ1) is 15.4. The van der Waals surface area contributed by atoms with E-state index in [1.807, 2.05) is 0 Å². The van der Waals surface area contributed by atoms with E-state index in [9.17, 15) is 23.2 Å². The predicted octanol–water partition coefficient (Wildman–Crippen LogP) is 1.97. The minimum atomic E-state index is -1.11. The average molecular weight is 461 g/mol. The van der Waals surface area contributed by atoms with Gasteiger partial charge in [0.1, 0.15) is 11.2 Å². The fourth-order valence-corrected chi connectivity index (χ4v) is 4.63. The fraction of sp³-hybridized carbons (Fsp3) is 0.300. The number of thiophene rings is 1. The Morgan fingerprint density at radius 1 is 1.25 bits per heavy atom. The minimum Gasteiger partial charge on any atom is -0.376 e. The number of halogens is 2. The van der Waals surface area contributed by atoms with Gasteiger partial charge in [-0.05, 0) is 36.4 Å². The number of amides is 1. The van der Waals surface area contributed by atoms with E-state index in [0.29, 0.717) is 16.8 Å². The Labute approximate surface area is 182 Å². The third-order valence-corrected chi connectivity index (χ3v) is 6.19. The molecule has 1 saturated heterocycles. The predicted molar refractivity (Wildman–Crippen MR) is 113 cm³/mol. The number of benzene rings is 1. The summed E-state index contributed by atoms with van der Waals surface area (Å²) in [6.45, 7) is 0.384. The molecule has 32 heavy (non-hydrogen) atoms. The highest BCUT2D eigenvalue weighted by Gasteiger charge is 2.23. The molecule has 9 nitrogen and oxygen atoms in total. The van der Waals surface area contributed by atoms with Gasteiger partial charge < -0.3 is 10.1 Å². The van der Waals surface area contributed by atoms with Gasteiger partial charge in [-0.2, -0.15) is 0 Å². The number of hydrogen-bond acceptors (Lipinski definition) is 6. The first kappa shape index (κ1) is 20.5. The van der Waals surface area contributed by atoms with Crippen LogP contribution in [0.4, 0.5) is 14.5 Å². The van der Waals surface area contributed by atoms with E-state index >= 15 is 0 Å². The van der Waals surface area contributed by atoms with Gasteiger partial charge in [0.25, 0.3) is 5.56 Å². The molecular weight excluding hydrogens is 444 g/mol.